The van der Waals surface area contributed by atoms with Crippen LogP contribution >= 0.6 is 7.60 Å². The number of esters is 2. The summed E-state index contributed by atoms with van der Waals surface area (Å²) in [5.74, 6) is -3.17. The van der Waals surface area contributed by atoms with Crippen LogP contribution < -0.4 is 0 Å². The molecule has 2 aromatic carbocycles. The maximum Gasteiger partial charge on any atom is 0.340 e. The van der Waals surface area contributed by atoms with Crippen LogP contribution in [0.4, 0.5) is 4.39 Å². The molecule has 2 aromatic rings. The van der Waals surface area contributed by atoms with E-state index in [-0.39, 0.29) is 13.2 Å². The second-order valence-electron chi connectivity index (χ2n) is 6.76. The second kappa shape index (κ2) is 12.3. The van der Waals surface area contributed by atoms with Gasteiger partial charge >= 0.3 is 19.5 Å². The van der Waals surface area contributed by atoms with Gasteiger partial charge in [0.1, 0.15) is 0 Å². The standard InChI is InChI=1S/C22H26FO7P/c1-27-21(24)19(13-20(23)22(25)28-2)16-31(26,29-14-17-9-5-3-6-10-17)30-15-18-11-7-4-8-12-18/h3-12,19-20H,13-16H2,1-2H3. The third-order valence-electron chi connectivity index (χ3n) is 4.47. The Balaban J connectivity index is 2.19. The first-order valence-electron chi connectivity index (χ1n) is 9.62. The highest BCUT2D eigenvalue weighted by atomic mass is 31.2. The maximum absolute atomic E-state index is 14.2. The first kappa shape index (κ1) is 24.7. The van der Waals surface area contributed by atoms with E-state index in [1.54, 1.807) is 48.5 Å². The van der Waals surface area contributed by atoms with Gasteiger partial charge in [0.25, 0.3) is 0 Å². The topological polar surface area (TPSA) is 88.1 Å². The van der Waals surface area contributed by atoms with Gasteiger partial charge in [-0.1, -0.05) is 60.7 Å². The van der Waals surface area contributed by atoms with Gasteiger partial charge in [-0.05, 0) is 11.1 Å². The Kier molecular flexibility index (Phi) is 9.85. The molecule has 0 spiro atoms. The molecular weight excluding hydrogens is 426 g/mol. The van der Waals surface area contributed by atoms with Crippen LogP contribution in [0.3, 0.4) is 0 Å². The zero-order chi connectivity index (χ0) is 22.7. The largest absolute Gasteiger partial charge is 0.469 e. The van der Waals surface area contributed by atoms with Gasteiger partial charge in [0.15, 0.2) is 6.17 Å². The molecule has 2 unspecified atom stereocenters. The van der Waals surface area contributed by atoms with Crippen LogP contribution in [0, 0.1) is 5.92 Å². The number of methoxy groups -OCH3 is 2. The van der Waals surface area contributed by atoms with Crippen molar-refractivity contribution in [3.63, 3.8) is 0 Å². The molecule has 0 aromatic heterocycles. The normalized spacial score (nSPS) is 13.3. The molecule has 0 saturated heterocycles. The van der Waals surface area contributed by atoms with E-state index in [2.05, 4.69) is 4.74 Å². The maximum atomic E-state index is 14.2. The predicted molar refractivity (Wildman–Crippen MR) is 112 cm³/mol. The van der Waals surface area contributed by atoms with E-state index in [0.717, 1.165) is 25.3 Å². The van der Waals surface area contributed by atoms with Gasteiger partial charge in [0, 0.05) is 6.42 Å². The van der Waals surface area contributed by atoms with Gasteiger partial charge in [-0.15, -0.1) is 0 Å². The molecule has 0 aliphatic heterocycles. The van der Waals surface area contributed by atoms with E-state index >= 15 is 0 Å². The average Bonchev–Trinajstić information content (AvgIpc) is 2.81. The van der Waals surface area contributed by atoms with Gasteiger partial charge in [0.2, 0.25) is 0 Å². The Hall–Kier alpha value is -2.54. The fraction of sp³-hybridized carbons (Fsp3) is 0.364. The number of hydrogen-bond acceptors (Lipinski definition) is 7. The smallest absolute Gasteiger partial charge is 0.340 e. The van der Waals surface area contributed by atoms with Crippen molar-refractivity contribution < 1.29 is 37.1 Å². The van der Waals surface area contributed by atoms with Gasteiger partial charge in [0.05, 0.1) is 39.5 Å². The first-order valence-corrected chi connectivity index (χ1v) is 11.4. The Morgan fingerprint density at radius 1 is 0.839 bits per heavy atom. The molecule has 0 aliphatic rings. The van der Waals surface area contributed by atoms with Crippen molar-refractivity contribution in [2.45, 2.75) is 25.8 Å². The summed E-state index contributed by atoms with van der Waals surface area (Å²) in [6.07, 6.45) is -3.09. The molecule has 0 radical (unpaired) electrons. The highest BCUT2D eigenvalue weighted by Gasteiger charge is 2.37. The van der Waals surface area contributed by atoms with E-state index in [9.17, 15) is 18.5 Å². The molecule has 7 nitrogen and oxygen atoms in total. The summed E-state index contributed by atoms with van der Waals surface area (Å²) in [6, 6.07) is 18.0. The molecule has 0 fully saturated rings. The van der Waals surface area contributed by atoms with Crippen LogP contribution in [0.15, 0.2) is 60.7 Å². The number of carbonyl (C=O) groups excluding carboxylic acids is 2. The number of halogens is 1. The molecule has 0 N–H and O–H groups in total. The summed E-state index contributed by atoms with van der Waals surface area (Å²) in [6.45, 7) is -0.0618. The second-order valence-corrected chi connectivity index (χ2v) is 8.86. The van der Waals surface area contributed by atoms with Crippen molar-refractivity contribution in [2.24, 2.45) is 5.92 Å². The van der Waals surface area contributed by atoms with E-state index in [4.69, 9.17) is 13.8 Å². The predicted octanol–water partition coefficient (Wildman–Crippen LogP) is 4.30. The third-order valence-corrected chi connectivity index (χ3v) is 6.40. The van der Waals surface area contributed by atoms with Crippen molar-refractivity contribution in [3.8, 4) is 0 Å². The van der Waals surface area contributed by atoms with Gasteiger partial charge < -0.3 is 18.5 Å². The van der Waals surface area contributed by atoms with Crippen LogP contribution in [-0.2, 0) is 45.9 Å². The van der Waals surface area contributed by atoms with Crippen LogP contribution in [0.1, 0.15) is 17.5 Å². The number of ether oxygens (including phenoxy) is 2. The molecule has 2 atom stereocenters. The summed E-state index contributed by atoms with van der Waals surface area (Å²) in [7, 11) is -1.72. The first-order chi connectivity index (χ1) is 14.9. The summed E-state index contributed by atoms with van der Waals surface area (Å²) < 4.78 is 48.0. The monoisotopic (exact) mass is 452 g/mol. The van der Waals surface area contributed by atoms with Crippen LogP contribution in [0.2, 0.25) is 0 Å². The lowest BCUT2D eigenvalue weighted by Gasteiger charge is -2.23. The molecule has 9 heteroatoms. The highest BCUT2D eigenvalue weighted by molar-refractivity contribution is 7.53. The fourth-order valence-corrected chi connectivity index (χ4v) is 4.61. The highest BCUT2D eigenvalue weighted by Crippen LogP contribution is 2.52. The van der Waals surface area contributed by atoms with Gasteiger partial charge in [-0.2, -0.15) is 0 Å². The van der Waals surface area contributed by atoms with E-state index in [1.165, 1.54) is 0 Å². The molecule has 0 heterocycles. The Labute approximate surface area is 181 Å². The molecule has 0 saturated carbocycles. The number of rotatable bonds is 12. The number of alkyl halides is 1. The molecule has 2 rings (SSSR count). The van der Waals surface area contributed by atoms with E-state index in [0.29, 0.717) is 0 Å². The Morgan fingerprint density at radius 3 is 1.71 bits per heavy atom. The van der Waals surface area contributed by atoms with Crippen LogP contribution in [-0.4, -0.2) is 38.5 Å². The molecule has 31 heavy (non-hydrogen) atoms. The quantitative estimate of drug-likeness (QED) is 0.350. The van der Waals surface area contributed by atoms with Crippen LogP contribution in [0.25, 0.3) is 0 Å². The number of hydrogen-bond donors (Lipinski definition) is 0. The van der Waals surface area contributed by atoms with Crippen molar-refractivity contribution in [2.75, 3.05) is 20.4 Å². The van der Waals surface area contributed by atoms with E-state index in [1.807, 2.05) is 12.1 Å². The minimum absolute atomic E-state index is 0.0309. The van der Waals surface area contributed by atoms with Crippen molar-refractivity contribution in [1.82, 2.24) is 0 Å². The van der Waals surface area contributed by atoms with Crippen molar-refractivity contribution >= 4 is 19.5 Å². The van der Waals surface area contributed by atoms with Crippen LogP contribution in [0.5, 0.6) is 0 Å². The fourth-order valence-electron chi connectivity index (χ4n) is 2.79. The number of benzene rings is 2. The number of carbonyl (C=O) groups is 2. The lowest BCUT2D eigenvalue weighted by atomic mass is 10.0. The third kappa shape index (κ3) is 8.25. The molecule has 168 valence electrons. The zero-order valence-corrected chi connectivity index (χ0v) is 18.3. The summed E-state index contributed by atoms with van der Waals surface area (Å²) in [5, 5.41) is 0. The SMILES string of the molecule is COC(=O)C(F)CC(CP(=O)(OCc1ccccc1)OCc1ccccc1)C(=O)OC. The molecule has 0 amide bonds. The lowest BCUT2D eigenvalue weighted by Crippen LogP contribution is -2.28. The van der Waals surface area contributed by atoms with E-state index < -0.39 is 44.2 Å². The van der Waals surface area contributed by atoms with Crippen molar-refractivity contribution in [1.29, 1.82) is 0 Å². The minimum atomic E-state index is -3.89. The molecule has 0 aliphatic carbocycles. The lowest BCUT2D eigenvalue weighted by molar-refractivity contribution is -0.150. The van der Waals surface area contributed by atoms with Gasteiger partial charge in [-0.3, -0.25) is 9.36 Å². The van der Waals surface area contributed by atoms with Crippen molar-refractivity contribution in [3.05, 3.63) is 71.8 Å². The Bertz CT molecular complexity index is 828. The summed E-state index contributed by atoms with van der Waals surface area (Å²) in [5.41, 5.74) is 1.50. The minimum Gasteiger partial charge on any atom is -0.469 e. The average molecular weight is 452 g/mol. The van der Waals surface area contributed by atoms with Gasteiger partial charge in [-0.25, -0.2) is 9.18 Å². The summed E-state index contributed by atoms with van der Waals surface area (Å²) in [4.78, 5) is 23.7. The zero-order valence-electron chi connectivity index (χ0n) is 17.4. The molecule has 0 bridgehead atoms. The summed E-state index contributed by atoms with van der Waals surface area (Å²) >= 11 is 0. The molecular formula is C22H26FO7P. The Morgan fingerprint density at radius 2 is 1.29 bits per heavy atom.